The lowest BCUT2D eigenvalue weighted by Crippen LogP contribution is -2.29. The Balaban J connectivity index is 2.71. The van der Waals surface area contributed by atoms with Gasteiger partial charge in [-0.15, -0.1) is 0 Å². The molecular weight excluding hydrogens is 246 g/mol. The lowest BCUT2D eigenvalue weighted by atomic mass is 10.2. The molecule has 1 aromatic rings. The minimum atomic E-state index is -0.183. The van der Waals surface area contributed by atoms with Crippen LogP contribution in [-0.2, 0) is 11.4 Å². The number of rotatable bonds is 8. The number of carbonyl (C=O) groups is 1. The summed E-state index contributed by atoms with van der Waals surface area (Å²) in [6.07, 6.45) is 0.878. The number of hydrogen-bond acceptors (Lipinski definition) is 4. The molecule has 5 heteroatoms. The Morgan fingerprint density at radius 2 is 2.11 bits per heavy atom. The number of nitrogens with one attached hydrogen (secondary N) is 1. The van der Waals surface area contributed by atoms with Crippen LogP contribution in [-0.4, -0.2) is 30.8 Å². The highest BCUT2D eigenvalue weighted by Gasteiger charge is 2.12. The highest BCUT2D eigenvalue weighted by molar-refractivity contribution is 5.77. The predicted molar refractivity (Wildman–Crippen MR) is 72.3 cm³/mol. The number of ether oxygens (including phenoxy) is 2. The first kappa shape index (κ1) is 15.3. The third kappa shape index (κ3) is 4.79. The molecule has 0 heterocycles. The maximum absolute atomic E-state index is 11.5. The van der Waals surface area contributed by atoms with Gasteiger partial charge in [0.2, 0.25) is 0 Å². The molecule has 0 saturated heterocycles. The Labute approximate surface area is 113 Å². The van der Waals surface area contributed by atoms with Crippen molar-refractivity contribution in [2.75, 3.05) is 19.8 Å². The summed E-state index contributed by atoms with van der Waals surface area (Å²) in [6, 6.07) is 5.27. The quantitative estimate of drug-likeness (QED) is 0.748. The van der Waals surface area contributed by atoms with E-state index in [0.29, 0.717) is 30.2 Å². The van der Waals surface area contributed by atoms with E-state index >= 15 is 0 Å². The molecule has 0 saturated carbocycles. The van der Waals surface area contributed by atoms with Crippen LogP contribution in [0.15, 0.2) is 18.2 Å². The fraction of sp³-hybridized carbons (Fsp3) is 0.500. The molecule has 0 bridgehead atoms. The number of hydrogen-bond donors (Lipinski definition) is 2. The van der Waals surface area contributed by atoms with Crippen LogP contribution in [0, 0.1) is 0 Å². The molecule has 0 aliphatic heterocycles. The normalized spacial score (nSPS) is 10.1. The van der Waals surface area contributed by atoms with Gasteiger partial charge in [0.25, 0.3) is 5.91 Å². The van der Waals surface area contributed by atoms with Crippen LogP contribution in [0.25, 0.3) is 0 Å². The van der Waals surface area contributed by atoms with Crippen LogP contribution in [0.5, 0.6) is 11.5 Å². The van der Waals surface area contributed by atoms with Crippen LogP contribution >= 0.6 is 0 Å². The molecule has 5 nitrogen and oxygen atoms in total. The number of benzene rings is 1. The van der Waals surface area contributed by atoms with Crippen LogP contribution in [0.4, 0.5) is 0 Å². The van der Waals surface area contributed by atoms with Crippen molar-refractivity contribution in [3.8, 4) is 11.5 Å². The minimum Gasteiger partial charge on any atom is -0.490 e. The zero-order valence-corrected chi connectivity index (χ0v) is 11.4. The summed E-state index contributed by atoms with van der Waals surface area (Å²) in [7, 11) is 0. The fourth-order valence-electron chi connectivity index (χ4n) is 1.57. The molecule has 106 valence electrons. The Bertz CT molecular complexity index is 406. The largest absolute Gasteiger partial charge is 0.490 e. The lowest BCUT2D eigenvalue weighted by Gasteiger charge is -2.14. The van der Waals surface area contributed by atoms with E-state index in [2.05, 4.69) is 5.32 Å². The molecule has 1 amide bonds. The monoisotopic (exact) mass is 267 g/mol. The topological polar surface area (TPSA) is 67.8 Å². The highest BCUT2D eigenvalue weighted by Crippen LogP contribution is 2.31. The van der Waals surface area contributed by atoms with Gasteiger partial charge in [0.05, 0.1) is 13.2 Å². The molecular formula is C14H21NO4. The number of carbonyl (C=O) groups excluding carboxylic acids is 1. The first-order valence-corrected chi connectivity index (χ1v) is 6.47. The molecule has 0 fully saturated rings. The summed E-state index contributed by atoms with van der Waals surface area (Å²) in [5, 5.41) is 12.0. The van der Waals surface area contributed by atoms with Crippen molar-refractivity contribution in [2.45, 2.75) is 26.9 Å². The third-order valence-corrected chi connectivity index (χ3v) is 2.45. The van der Waals surface area contributed by atoms with Gasteiger partial charge in [0.1, 0.15) is 0 Å². The first-order chi connectivity index (χ1) is 9.22. The van der Waals surface area contributed by atoms with Gasteiger partial charge in [-0.3, -0.25) is 4.79 Å². The summed E-state index contributed by atoms with van der Waals surface area (Å²) in [5.41, 5.74) is 0.606. The van der Waals surface area contributed by atoms with Crippen molar-refractivity contribution in [3.05, 3.63) is 23.8 Å². The molecule has 19 heavy (non-hydrogen) atoms. The second-order valence-electron chi connectivity index (χ2n) is 3.97. The van der Waals surface area contributed by atoms with E-state index in [0.717, 1.165) is 6.42 Å². The molecule has 0 unspecified atom stereocenters. The molecule has 0 spiro atoms. The highest BCUT2D eigenvalue weighted by atomic mass is 16.5. The van der Waals surface area contributed by atoms with Gasteiger partial charge in [0, 0.05) is 12.1 Å². The Hall–Kier alpha value is -1.75. The van der Waals surface area contributed by atoms with Gasteiger partial charge in [-0.1, -0.05) is 19.1 Å². The SMILES string of the molecule is CCCNC(=O)COc1c(CO)cccc1OCC. The van der Waals surface area contributed by atoms with Crippen LogP contribution in [0.1, 0.15) is 25.8 Å². The molecule has 0 aromatic heterocycles. The molecule has 1 aromatic carbocycles. The van der Waals surface area contributed by atoms with Crippen molar-refractivity contribution >= 4 is 5.91 Å². The van der Waals surface area contributed by atoms with Gasteiger partial charge >= 0.3 is 0 Å². The second kappa shape index (κ2) is 8.37. The average Bonchev–Trinajstić information content (AvgIpc) is 2.43. The van der Waals surface area contributed by atoms with Gasteiger partial charge in [0.15, 0.2) is 18.1 Å². The zero-order chi connectivity index (χ0) is 14.1. The number of amides is 1. The van der Waals surface area contributed by atoms with E-state index < -0.39 is 0 Å². The summed E-state index contributed by atoms with van der Waals surface area (Å²) in [4.78, 5) is 11.5. The lowest BCUT2D eigenvalue weighted by molar-refractivity contribution is -0.123. The van der Waals surface area contributed by atoms with E-state index in [4.69, 9.17) is 9.47 Å². The van der Waals surface area contributed by atoms with Crippen molar-refractivity contribution in [1.82, 2.24) is 5.32 Å². The Morgan fingerprint density at radius 1 is 1.32 bits per heavy atom. The second-order valence-corrected chi connectivity index (χ2v) is 3.97. The number of para-hydroxylation sites is 1. The van der Waals surface area contributed by atoms with Crippen LogP contribution in [0.3, 0.4) is 0 Å². The zero-order valence-electron chi connectivity index (χ0n) is 11.4. The van der Waals surface area contributed by atoms with Gasteiger partial charge in [-0.05, 0) is 19.4 Å². The number of aliphatic hydroxyl groups is 1. The molecule has 0 aliphatic carbocycles. The van der Waals surface area contributed by atoms with E-state index in [-0.39, 0.29) is 19.1 Å². The Morgan fingerprint density at radius 3 is 2.74 bits per heavy atom. The predicted octanol–water partition coefficient (Wildman–Crippen LogP) is 1.48. The fourth-order valence-corrected chi connectivity index (χ4v) is 1.57. The van der Waals surface area contributed by atoms with Crippen molar-refractivity contribution in [1.29, 1.82) is 0 Å². The summed E-state index contributed by atoms with van der Waals surface area (Å²) in [5.74, 6) is 0.785. The first-order valence-electron chi connectivity index (χ1n) is 6.47. The molecule has 2 N–H and O–H groups in total. The summed E-state index contributed by atoms with van der Waals surface area (Å²) < 4.78 is 10.9. The Kier molecular flexibility index (Phi) is 6.74. The molecule has 0 atom stereocenters. The molecule has 0 aliphatic rings. The van der Waals surface area contributed by atoms with E-state index in [1.54, 1.807) is 18.2 Å². The van der Waals surface area contributed by atoms with Crippen molar-refractivity contribution in [2.24, 2.45) is 0 Å². The van der Waals surface area contributed by atoms with Crippen molar-refractivity contribution < 1.29 is 19.4 Å². The summed E-state index contributed by atoms with van der Waals surface area (Å²) in [6.45, 7) is 4.72. The van der Waals surface area contributed by atoms with Gasteiger partial charge < -0.3 is 19.9 Å². The van der Waals surface area contributed by atoms with Gasteiger partial charge in [-0.2, -0.15) is 0 Å². The van der Waals surface area contributed by atoms with E-state index in [9.17, 15) is 9.90 Å². The standard InChI is InChI=1S/C14H21NO4/c1-3-8-15-13(17)10-19-14-11(9-16)6-5-7-12(14)18-4-2/h5-7,16H,3-4,8-10H2,1-2H3,(H,15,17). The number of aliphatic hydroxyl groups excluding tert-OH is 1. The van der Waals surface area contributed by atoms with Crippen LogP contribution < -0.4 is 14.8 Å². The van der Waals surface area contributed by atoms with E-state index in [1.807, 2.05) is 13.8 Å². The van der Waals surface area contributed by atoms with E-state index in [1.165, 1.54) is 0 Å². The van der Waals surface area contributed by atoms with Gasteiger partial charge in [-0.25, -0.2) is 0 Å². The molecule has 0 radical (unpaired) electrons. The average molecular weight is 267 g/mol. The van der Waals surface area contributed by atoms with Crippen molar-refractivity contribution in [3.63, 3.8) is 0 Å². The smallest absolute Gasteiger partial charge is 0.257 e. The maximum atomic E-state index is 11.5. The third-order valence-electron chi connectivity index (χ3n) is 2.45. The minimum absolute atomic E-state index is 0.0862. The molecule has 1 rings (SSSR count). The van der Waals surface area contributed by atoms with Crippen LogP contribution in [0.2, 0.25) is 0 Å². The summed E-state index contributed by atoms with van der Waals surface area (Å²) >= 11 is 0. The maximum Gasteiger partial charge on any atom is 0.257 e.